The van der Waals surface area contributed by atoms with Gasteiger partial charge in [-0.05, 0) is 12.1 Å². The molecule has 4 heteroatoms. The molecule has 0 saturated carbocycles. The first-order chi connectivity index (χ1) is 5.83. The van der Waals surface area contributed by atoms with Crippen LogP contribution in [0.3, 0.4) is 0 Å². The molecule has 0 bridgehead atoms. The number of para-hydroxylation sites is 1. The largest absolute Gasteiger partial charge is 0.426 e. The summed E-state index contributed by atoms with van der Waals surface area (Å²) in [7, 11) is 0. The van der Waals surface area contributed by atoms with Gasteiger partial charge in [0, 0.05) is 0 Å². The number of ether oxygens (including phenoxy) is 1. The Morgan fingerprint density at radius 2 is 2.08 bits per heavy atom. The fourth-order valence-corrected chi connectivity index (χ4v) is 0.721. The molecule has 0 spiro atoms. The lowest BCUT2D eigenvalue weighted by molar-refractivity contribution is -0.135. The first-order valence-corrected chi connectivity index (χ1v) is 3.45. The maximum atomic E-state index is 10.8. The molecular weight excluding hydrogens is 158 g/mol. The highest BCUT2D eigenvalue weighted by atomic mass is 16.5. The standard InChI is InChI=1S/C8H9NO3/c10-8(6-9-11)12-7-4-2-1-3-5-7/h1-5,9,11H,6H2. The Hall–Kier alpha value is -1.39. The van der Waals surface area contributed by atoms with Crippen molar-refractivity contribution in [2.75, 3.05) is 6.54 Å². The molecule has 0 unspecified atom stereocenters. The lowest BCUT2D eigenvalue weighted by Gasteiger charge is -2.01. The van der Waals surface area contributed by atoms with Crippen LogP contribution in [0.4, 0.5) is 0 Å². The van der Waals surface area contributed by atoms with Crippen LogP contribution in [0, 0.1) is 0 Å². The van der Waals surface area contributed by atoms with Crippen molar-refractivity contribution in [3.8, 4) is 5.75 Å². The van der Waals surface area contributed by atoms with Gasteiger partial charge in [0.15, 0.2) is 0 Å². The summed E-state index contributed by atoms with van der Waals surface area (Å²) in [6, 6.07) is 8.66. The van der Waals surface area contributed by atoms with Crippen molar-refractivity contribution in [3.05, 3.63) is 30.3 Å². The number of benzene rings is 1. The summed E-state index contributed by atoms with van der Waals surface area (Å²) in [5.74, 6) is -0.0542. The minimum Gasteiger partial charge on any atom is -0.426 e. The average Bonchev–Trinajstić information content (AvgIpc) is 2.06. The number of esters is 1. The third-order valence-corrected chi connectivity index (χ3v) is 1.20. The SMILES string of the molecule is O=C(CNO)Oc1ccccc1. The van der Waals surface area contributed by atoms with Gasteiger partial charge in [-0.3, -0.25) is 4.79 Å². The first-order valence-electron chi connectivity index (χ1n) is 3.45. The molecule has 64 valence electrons. The fourth-order valence-electron chi connectivity index (χ4n) is 0.721. The Bertz CT molecular complexity index is 248. The van der Waals surface area contributed by atoms with E-state index >= 15 is 0 Å². The van der Waals surface area contributed by atoms with Gasteiger partial charge in [0.05, 0.1) is 0 Å². The van der Waals surface area contributed by atoms with Crippen molar-refractivity contribution < 1.29 is 14.7 Å². The third kappa shape index (κ3) is 2.69. The predicted molar refractivity (Wildman–Crippen MR) is 41.9 cm³/mol. The molecule has 0 amide bonds. The van der Waals surface area contributed by atoms with Gasteiger partial charge in [-0.15, -0.1) is 0 Å². The second-order valence-corrected chi connectivity index (χ2v) is 2.12. The van der Waals surface area contributed by atoms with E-state index in [1.165, 1.54) is 0 Å². The van der Waals surface area contributed by atoms with E-state index in [1.807, 2.05) is 6.07 Å². The van der Waals surface area contributed by atoms with E-state index in [4.69, 9.17) is 9.94 Å². The van der Waals surface area contributed by atoms with Crippen LogP contribution in [0.1, 0.15) is 0 Å². The number of hydrogen-bond donors (Lipinski definition) is 2. The van der Waals surface area contributed by atoms with Gasteiger partial charge in [0.1, 0.15) is 12.3 Å². The Morgan fingerprint density at radius 1 is 1.42 bits per heavy atom. The van der Waals surface area contributed by atoms with E-state index in [1.54, 1.807) is 29.7 Å². The minimum absolute atomic E-state index is 0.213. The molecule has 0 aliphatic carbocycles. The third-order valence-electron chi connectivity index (χ3n) is 1.20. The molecule has 1 aromatic rings. The summed E-state index contributed by atoms with van der Waals surface area (Å²) in [4.78, 5) is 10.8. The molecule has 0 saturated heterocycles. The van der Waals surface area contributed by atoms with Gasteiger partial charge in [-0.25, -0.2) is 0 Å². The molecule has 2 N–H and O–H groups in total. The Balaban J connectivity index is 2.47. The van der Waals surface area contributed by atoms with E-state index in [0.717, 1.165) is 0 Å². The maximum Gasteiger partial charge on any atom is 0.327 e. The number of nitrogens with one attached hydrogen (secondary N) is 1. The summed E-state index contributed by atoms with van der Waals surface area (Å²) in [6.45, 7) is -0.213. The molecule has 0 heterocycles. The smallest absolute Gasteiger partial charge is 0.327 e. The second-order valence-electron chi connectivity index (χ2n) is 2.12. The molecule has 0 fully saturated rings. The molecule has 0 aliphatic rings. The average molecular weight is 167 g/mol. The van der Waals surface area contributed by atoms with Gasteiger partial charge in [-0.1, -0.05) is 18.2 Å². The molecule has 1 aromatic carbocycles. The monoisotopic (exact) mass is 167 g/mol. The zero-order valence-electron chi connectivity index (χ0n) is 6.36. The topological polar surface area (TPSA) is 58.6 Å². The Kier molecular flexibility index (Phi) is 3.25. The first kappa shape index (κ1) is 8.70. The molecule has 0 atom stereocenters. The van der Waals surface area contributed by atoms with Crippen LogP contribution in [0.5, 0.6) is 5.75 Å². The molecule has 4 nitrogen and oxygen atoms in total. The van der Waals surface area contributed by atoms with Crippen LogP contribution in [0.25, 0.3) is 0 Å². The van der Waals surface area contributed by atoms with Crippen LogP contribution < -0.4 is 10.2 Å². The maximum absolute atomic E-state index is 10.8. The summed E-state index contributed by atoms with van der Waals surface area (Å²) in [6.07, 6.45) is 0. The Labute approximate surface area is 69.7 Å². The predicted octanol–water partition coefficient (Wildman–Crippen LogP) is 0.571. The van der Waals surface area contributed by atoms with Crippen molar-refractivity contribution in [3.63, 3.8) is 0 Å². The van der Waals surface area contributed by atoms with Crippen LogP contribution in [0.2, 0.25) is 0 Å². The van der Waals surface area contributed by atoms with E-state index in [-0.39, 0.29) is 6.54 Å². The normalized spacial score (nSPS) is 9.42. The van der Waals surface area contributed by atoms with Crippen LogP contribution in [-0.4, -0.2) is 17.7 Å². The van der Waals surface area contributed by atoms with Gasteiger partial charge in [-0.2, -0.15) is 5.48 Å². The van der Waals surface area contributed by atoms with E-state index in [9.17, 15) is 4.79 Å². The van der Waals surface area contributed by atoms with Crippen molar-refractivity contribution >= 4 is 5.97 Å². The fraction of sp³-hybridized carbons (Fsp3) is 0.125. The lowest BCUT2D eigenvalue weighted by atomic mass is 10.3. The molecular formula is C8H9NO3. The van der Waals surface area contributed by atoms with Gasteiger partial charge >= 0.3 is 5.97 Å². The van der Waals surface area contributed by atoms with Gasteiger partial charge in [0.25, 0.3) is 0 Å². The van der Waals surface area contributed by atoms with Crippen molar-refractivity contribution in [1.82, 2.24) is 5.48 Å². The lowest BCUT2D eigenvalue weighted by Crippen LogP contribution is -2.23. The highest BCUT2D eigenvalue weighted by molar-refractivity contribution is 5.74. The van der Waals surface area contributed by atoms with E-state index in [2.05, 4.69) is 0 Å². The quantitative estimate of drug-likeness (QED) is 0.392. The summed E-state index contributed by atoms with van der Waals surface area (Å²) in [5.41, 5.74) is 1.71. The van der Waals surface area contributed by atoms with Crippen molar-refractivity contribution in [2.24, 2.45) is 0 Å². The molecule has 0 aromatic heterocycles. The molecule has 12 heavy (non-hydrogen) atoms. The highest BCUT2D eigenvalue weighted by Gasteiger charge is 2.01. The van der Waals surface area contributed by atoms with Crippen molar-refractivity contribution in [1.29, 1.82) is 0 Å². The number of hydrogen-bond acceptors (Lipinski definition) is 4. The van der Waals surface area contributed by atoms with Crippen molar-refractivity contribution in [2.45, 2.75) is 0 Å². The number of carbonyl (C=O) groups is 1. The van der Waals surface area contributed by atoms with E-state index in [0.29, 0.717) is 5.75 Å². The van der Waals surface area contributed by atoms with Crippen LogP contribution in [0.15, 0.2) is 30.3 Å². The van der Waals surface area contributed by atoms with Crippen LogP contribution >= 0.6 is 0 Å². The molecule has 0 radical (unpaired) electrons. The second kappa shape index (κ2) is 4.48. The summed E-state index contributed by atoms with van der Waals surface area (Å²) >= 11 is 0. The van der Waals surface area contributed by atoms with Gasteiger partial charge in [0.2, 0.25) is 0 Å². The summed E-state index contributed by atoms with van der Waals surface area (Å²) < 4.78 is 4.79. The summed E-state index contributed by atoms with van der Waals surface area (Å²) in [5, 5.41) is 8.16. The highest BCUT2D eigenvalue weighted by Crippen LogP contribution is 2.07. The number of rotatable bonds is 3. The van der Waals surface area contributed by atoms with Gasteiger partial charge < -0.3 is 9.94 Å². The zero-order valence-corrected chi connectivity index (χ0v) is 6.36. The molecule has 1 rings (SSSR count). The van der Waals surface area contributed by atoms with E-state index < -0.39 is 5.97 Å². The minimum atomic E-state index is -0.524. The zero-order chi connectivity index (χ0) is 8.81. The number of hydroxylamine groups is 1. The van der Waals surface area contributed by atoms with Crippen LogP contribution in [-0.2, 0) is 4.79 Å². The Morgan fingerprint density at radius 3 is 2.67 bits per heavy atom. The number of carbonyl (C=O) groups excluding carboxylic acids is 1. The molecule has 0 aliphatic heterocycles.